The molecular formula is C20H41ClO2SSi2. The fraction of sp³-hybridized carbons (Fsp3) is 0.800. The topological polar surface area (TPSA) is 29.5 Å². The summed E-state index contributed by atoms with van der Waals surface area (Å²) in [7, 11) is -2.99. The summed E-state index contributed by atoms with van der Waals surface area (Å²) in [6, 6.07) is 2.19. The normalized spacial score (nSPS) is 13.4. The Balaban J connectivity index is 0.000000660. The summed E-state index contributed by atoms with van der Waals surface area (Å²) in [6.07, 6.45) is 1.75. The van der Waals surface area contributed by atoms with Gasteiger partial charge in [0.2, 0.25) is 0 Å². The molecule has 0 radical (unpaired) electrons. The molecule has 0 bridgehead atoms. The molecule has 0 saturated heterocycles. The van der Waals surface area contributed by atoms with Crippen LogP contribution in [-0.4, -0.2) is 34.0 Å². The highest BCUT2D eigenvalue weighted by molar-refractivity contribution is 7.20. The molecule has 0 saturated carbocycles. The maximum atomic E-state index is 8.89. The molecule has 0 aliphatic carbocycles. The second kappa shape index (κ2) is 10.2. The zero-order valence-electron chi connectivity index (χ0n) is 18.6. The largest absolute Gasteiger partial charge is 0.416 e. The van der Waals surface area contributed by atoms with E-state index in [2.05, 4.69) is 79.2 Å². The number of aliphatic hydroxyl groups is 1. The van der Waals surface area contributed by atoms with Gasteiger partial charge in [0.1, 0.15) is 0 Å². The van der Waals surface area contributed by atoms with E-state index in [0.717, 1.165) is 19.4 Å². The average molecular weight is 437 g/mol. The lowest BCUT2D eigenvalue weighted by atomic mass is 10.2. The number of hydrogen-bond donors (Lipinski definition) is 1. The zero-order valence-corrected chi connectivity index (χ0v) is 22.2. The van der Waals surface area contributed by atoms with Crippen LogP contribution in [0.5, 0.6) is 0 Å². The maximum absolute atomic E-state index is 8.89. The van der Waals surface area contributed by atoms with Gasteiger partial charge in [-0.2, -0.15) is 11.1 Å². The molecule has 0 atom stereocenters. The second-order valence-electron chi connectivity index (χ2n) is 9.98. The first kappa shape index (κ1) is 26.3. The van der Waals surface area contributed by atoms with Gasteiger partial charge < -0.3 is 9.53 Å². The monoisotopic (exact) mass is 436 g/mol. The van der Waals surface area contributed by atoms with Gasteiger partial charge in [0, 0.05) is 24.5 Å². The predicted molar refractivity (Wildman–Crippen MR) is 125 cm³/mol. The van der Waals surface area contributed by atoms with Crippen LogP contribution < -0.4 is 0 Å². The molecule has 1 rings (SSSR count). The van der Waals surface area contributed by atoms with Gasteiger partial charge in [-0.15, -0.1) is 11.3 Å². The first-order valence-electron chi connectivity index (χ1n) is 9.51. The third kappa shape index (κ3) is 9.51. The molecule has 154 valence electrons. The Morgan fingerprint density at radius 3 is 1.88 bits per heavy atom. The van der Waals surface area contributed by atoms with Crippen molar-refractivity contribution >= 4 is 38.1 Å². The first-order valence-corrected chi connectivity index (χ1v) is 17.3. The van der Waals surface area contributed by atoms with Crippen LogP contribution in [0.1, 0.15) is 52.0 Å². The van der Waals surface area contributed by atoms with Crippen LogP contribution in [0.15, 0.2) is 11.4 Å². The Kier molecular flexibility index (Phi) is 10.4. The second-order valence-corrected chi connectivity index (χ2v) is 23.1. The minimum absolute atomic E-state index is 0.237. The summed E-state index contributed by atoms with van der Waals surface area (Å²) >= 11 is 7.88. The van der Waals surface area contributed by atoms with Gasteiger partial charge in [0.05, 0.1) is 0 Å². The number of halogens is 1. The van der Waals surface area contributed by atoms with Gasteiger partial charge in [-0.3, -0.25) is 0 Å². The van der Waals surface area contributed by atoms with Crippen molar-refractivity contribution in [3.05, 3.63) is 21.9 Å². The molecule has 2 nitrogen and oxygen atoms in total. The summed E-state index contributed by atoms with van der Waals surface area (Å²) in [6.45, 7) is 23.4. The molecule has 1 aromatic heterocycles. The van der Waals surface area contributed by atoms with Crippen molar-refractivity contribution in [2.75, 3.05) is 13.2 Å². The standard InChI is InChI=1S/C14H26O2SSi.C6H15ClSi/c1-14(2,3)18(4,5)16-9-7-12-10-13(6-8-15)17-11-12;1-6(2,3)8(4,5)7/h10-11,15H,6-9H2,1-5H3;1-5H3. The van der Waals surface area contributed by atoms with E-state index >= 15 is 0 Å². The van der Waals surface area contributed by atoms with E-state index in [1.807, 2.05) is 0 Å². The van der Waals surface area contributed by atoms with Crippen molar-refractivity contribution in [3.63, 3.8) is 0 Å². The number of aliphatic hydroxyl groups excluding tert-OH is 1. The lowest BCUT2D eigenvalue weighted by Crippen LogP contribution is -2.41. The molecule has 1 N–H and O–H groups in total. The molecule has 0 unspecified atom stereocenters. The van der Waals surface area contributed by atoms with E-state index < -0.39 is 15.7 Å². The fourth-order valence-corrected chi connectivity index (χ4v) is 3.40. The molecule has 0 fully saturated rings. The molecule has 0 amide bonds. The molecule has 0 aromatic carbocycles. The molecule has 6 heteroatoms. The Hall–Kier alpha value is 0.344. The van der Waals surface area contributed by atoms with Gasteiger partial charge in [-0.25, -0.2) is 0 Å². The summed E-state index contributed by atoms with van der Waals surface area (Å²) in [5.41, 5.74) is 1.34. The SMILES string of the molecule is CC(C)(C)[Si](C)(C)Cl.CC(C)(C)[Si](C)(C)OCCc1csc(CCO)c1. The van der Waals surface area contributed by atoms with Gasteiger partial charge >= 0.3 is 0 Å². The van der Waals surface area contributed by atoms with Gasteiger partial charge in [0.25, 0.3) is 0 Å². The maximum Gasteiger partial charge on any atom is 0.191 e. The van der Waals surface area contributed by atoms with E-state index in [-0.39, 0.29) is 11.6 Å². The van der Waals surface area contributed by atoms with Crippen molar-refractivity contribution < 1.29 is 9.53 Å². The Morgan fingerprint density at radius 1 is 1.00 bits per heavy atom. The van der Waals surface area contributed by atoms with Gasteiger partial charge in [-0.1, -0.05) is 54.6 Å². The van der Waals surface area contributed by atoms with Crippen LogP contribution in [0.25, 0.3) is 0 Å². The van der Waals surface area contributed by atoms with Crippen molar-refractivity contribution in [1.82, 2.24) is 0 Å². The van der Waals surface area contributed by atoms with Crippen LogP contribution in [0, 0.1) is 0 Å². The Morgan fingerprint density at radius 2 is 1.50 bits per heavy atom. The van der Waals surface area contributed by atoms with Gasteiger partial charge in [-0.05, 0) is 46.6 Å². The lowest BCUT2D eigenvalue weighted by Gasteiger charge is -2.36. The highest BCUT2D eigenvalue weighted by atomic mass is 35.6. The van der Waals surface area contributed by atoms with Crippen LogP contribution >= 0.6 is 22.4 Å². The van der Waals surface area contributed by atoms with Crippen molar-refractivity contribution in [1.29, 1.82) is 0 Å². The third-order valence-corrected chi connectivity index (χ3v) is 16.4. The third-order valence-electron chi connectivity index (χ3n) is 5.51. The zero-order chi connectivity index (χ0) is 20.8. The lowest BCUT2D eigenvalue weighted by molar-refractivity contribution is 0.292. The minimum Gasteiger partial charge on any atom is -0.416 e. The quantitative estimate of drug-likeness (QED) is 0.381. The number of rotatable bonds is 6. The highest BCUT2D eigenvalue weighted by Gasteiger charge is 2.36. The molecule has 1 heterocycles. The summed E-state index contributed by atoms with van der Waals surface area (Å²) in [5, 5.41) is 11.7. The summed E-state index contributed by atoms with van der Waals surface area (Å²) < 4.78 is 6.16. The van der Waals surface area contributed by atoms with E-state index in [9.17, 15) is 0 Å². The van der Waals surface area contributed by atoms with Crippen molar-refractivity contribution in [3.8, 4) is 0 Å². The summed E-state index contributed by atoms with van der Waals surface area (Å²) in [5.74, 6) is 0. The molecule has 1 aromatic rings. The van der Waals surface area contributed by atoms with Crippen LogP contribution in [0.4, 0.5) is 0 Å². The van der Waals surface area contributed by atoms with Crippen LogP contribution in [0.3, 0.4) is 0 Å². The van der Waals surface area contributed by atoms with E-state index in [0.29, 0.717) is 5.04 Å². The smallest absolute Gasteiger partial charge is 0.191 e. The van der Waals surface area contributed by atoms with E-state index in [1.165, 1.54) is 10.4 Å². The molecule has 0 aliphatic rings. The molecule has 26 heavy (non-hydrogen) atoms. The number of thiophene rings is 1. The van der Waals surface area contributed by atoms with Crippen LogP contribution in [-0.2, 0) is 17.3 Å². The van der Waals surface area contributed by atoms with Crippen LogP contribution in [0.2, 0.25) is 36.3 Å². The summed E-state index contributed by atoms with van der Waals surface area (Å²) in [4.78, 5) is 1.26. The van der Waals surface area contributed by atoms with Crippen molar-refractivity contribution in [2.24, 2.45) is 0 Å². The average Bonchev–Trinajstić information content (AvgIpc) is 2.83. The highest BCUT2D eigenvalue weighted by Crippen LogP contribution is 2.38. The Bertz CT molecular complexity index is 511. The van der Waals surface area contributed by atoms with Crippen molar-refractivity contribution in [2.45, 2.75) is 90.6 Å². The fourth-order valence-electron chi connectivity index (χ4n) is 1.44. The Labute approximate surface area is 173 Å². The molecule has 0 spiro atoms. The molecular weight excluding hydrogens is 396 g/mol. The van der Waals surface area contributed by atoms with E-state index in [1.54, 1.807) is 11.3 Å². The number of hydrogen-bond acceptors (Lipinski definition) is 3. The first-order chi connectivity index (χ1) is 11.5. The predicted octanol–water partition coefficient (Wildman–Crippen LogP) is 7.08. The van der Waals surface area contributed by atoms with Gasteiger partial charge in [0.15, 0.2) is 15.7 Å². The van der Waals surface area contributed by atoms with E-state index in [4.69, 9.17) is 20.6 Å². The molecule has 0 aliphatic heterocycles. The minimum atomic E-state index is -1.60.